The molecule has 2 aromatic rings. The van der Waals surface area contributed by atoms with Crippen LogP contribution < -0.4 is 4.74 Å². The molecule has 0 aliphatic carbocycles. The van der Waals surface area contributed by atoms with Crippen molar-refractivity contribution in [2.24, 2.45) is 0 Å². The molecule has 94 valence electrons. The molecule has 0 saturated heterocycles. The Labute approximate surface area is 107 Å². The lowest BCUT2D eigenvalue weighted by Gasteiger charge is -2.10. The van der Waals surface area contributed by atoms with Crippen molar-refractivity contribution in [3.05, 3.63) is 40.8 Å². The summed E-state index contributed by atoms with van der Waals surface area (Å²) >= 11 is 5.81. The Morgan fingerprint density at radius 2 is 1.89 bits per heavy atom. The van der Waals surface area contributed by atoms with Crippen LogP contribution in [0.5, 0.6) is 5.75 Å². The first-order chi connectivity index (χ1) is 8.56. The van der Waals surface area contributed by atoms with Crippen LogP contribution in [0, 0.1) is 18.6 Å². The molecule has 2 rings (SSSR count). The maximum Gasteiger partial charge on any atom is 0.182 e. The van der Waals surface area contributed by atoms with Crippen LogP contribution in [0.2, 0.25) is 5.15 Å². The predicted octanol–water partition coefficient (Wildman–Crippen LogP) is 3.39. The van der Waals surface area contributed by atoms with E-state index in [9.17, 15) is 8.78 Å². The van der Waals surface area contributed by atoms with E-state index in [1.165, 1.54) is 26.2 Å². The molecule has 0 unspecified atom stereocenters. The van der Waals surface area contributed by atoms with Crippen molar-refractivity contribution in [1.82, 2.24) is 9.97 Å². The van der Waals surface area contributed by atoms with Crippen molar-refractivity contribution in [2.45, 2.75) is 6.92 Å². The highest BCUT2D eigenvalue weighted by molar-refractivity contribution is 6.31. The molecule has 0 atom stereocenters. The minimum atomic E-state index is -0.983. The second-order valence-corrected chi connectivity index (χ2v) is 3.96. The standard InChI is InChI=1S/C12H9ClF2N2O/c1-6-3-4-7(9(15)8(6)14)10-11(18-2)12(13)17-5-16-10/h3-5H,1-2H3. The van der Waals surface area contributed by atoms with Crippen LogP contribution in [0.1, 0.15) is 5.56 Å². The Bertz CT molecular complexity index is 605. The van der Waals surface area contributed by atoms with Crippen LogP contribution in [0.25, 0.3) is 11.3 Å². The maximum absolute atomic E-state index is 13.9. The van der Waals surface area contributed by atoms with Gasteiger partial charge in [-0.1, -0.05) is 17.7 Å². The molecule has 0 amide bonds. The monoisotopic (exact) mass is 270 g/mol. The summed E-state index contributed by atoms with van der Waals surface area (Å²) in [7, 11) is 1.36. The summed E-state index contributed by atoms with van der Waals surface area (Å²) in [6.07, 6.45) is 1.16. The number of ether oxygens (including phenoxy) is 1. The largest absolute Gasteiger partial charge is 0.491 e. The van der Waals surface area contributed by atoms with Crippen LogP contribution in [-0.2, 0) is 0 Å². The van der Waals surface area contributed by atoms with Crippen molar-refractivity contribution in [3.8, 4) is 17.0 Å². The lowest BCUT2D eigenvalue weighted by atomic mass is 10.1. The molecule has 0 aliphatic rings. The molecule has 1 aromatic carbocycles. The van der Waals surface area contributed by atoms with Crippen LogP contribution in [0.3, 0.4) is 0 Å². The van der Waals surface area contributed by atoms with Gasteiger partial charge in [0.2, 0.25) is 0 Å². The van der Waals surface area contributed by atoms with Gasteiger partial charge in [0, 0.05) is 5.56 Å². The fraction of sp³-hybridized carbons (Fsp3) is 0.167. The smallest absolute Gasteiger partial charge is 0.182 e. The fourth-order valence-electron chi connectivity index (χ4n) is 1.55. The Kier molecular flexibility index (Phi) is 3.43. The van der Waals surface area contributed by atoms with Gasteiger partial charge in [0.15, 0.2) is 22.5 Å². The number of rotatable bonds is 2. The summed E-state index contributed by atoms with van der Waals surface area (Å²) in [4.78, 5) is 7.60. The molecule has 0 N–H and O–H groups in total. The number of hydrogen-bond acceptors (Lipinski definition) is 3. The first-order valence-electron chi connectivity index (χ1n) is 5.05. The van der Waals surface area contributed by atoms with Crippen molar-refractivity contribution in [2.75, 3.05) is 7.11 Å². The topological polar surface area (TPSA) is 35.0 Å². The summed E-state index contributed by atoms with van der Waals surface area (Å²) in [6, 6.07) is 2.89. The van der Waals surface area contributed by atoms with E-state index in [4.69, 9.17) is 16.3 Å². The molecule has 0 aliphatic heterocycles. The molecule has 0 fully saturated rings. The average Bonchev–Trinajstić information content (AvgIpc) is 2.36. The third-order valence-electron chi connectivity index (χ3n) is 2.49. The number of hydrogen-bond donors (Lipinski definition) is 0. The van der Waals surface area contributed by atoms with E-state index in [-0.39, 0.29) is 27.7 Å². The maximum atomic E-state index is 13.9. The molecule has 18 heavy (non-hydrogen) atoms. The van der Waals surface area contributed by atoms with Crippen LogP contribution in [0.15, 0.2) is 18.5 Å². The van der Waals surface area contributed by atoms with Gasteiger partial charge in [-0.05, 0) is 18.6 Å². The highest BCUT2D eigenvalue weighted by Gasteiger charge is 2.19. The van der Waals surface area contributed by atoms with Gasteiger partial charge in [-0.25, -0.2) is 18.7 Å². The zero-order valence-corrected chi connectivity index (χ0v) is 10.4. The highest BCUT2D eigenvalue weighted by atomic mass is 35.5. The number of nitrogens with zero attached hydrogens (tertiary/aromatic N) is 2. The second-order valence-electron chi connectivity index (χ2n) is 3.60. The second kappa shape index (κ2) is 4.86. The van der Waals surface area contributed by atoms with Gasteiger partial charge >= 0.3 is 0 Å². The van der Waals surface area contributed by atoms with Crippen molar-refractivity contribution < 1.29 is 13.5 Å². The van der Waals surface area contributed by atoms with Gasteiger partial charge in [-0.2, -0.15) is 0 Å². The number of methoxy groups -OCH3 is 1. The van der Waals surface area contributed by atoms with Crippen LogP contribution >= 0.6 is 11.6 Å². The van der Waals surface area contributed by atoms with E-state index < -0.39 is 11.6 Å². The van der Waals surface area contributed by atoms with Crippen molar-refractivity contribution in [3.63, 3.8) is 0 Å². The SMILES string of the molecule is COc1c(Cl)ncnc1-c1ccc(C)c(F)c1F. The van der Waals surface area contributed by atoms with Gasteiger partial charge in [0.05, 0.1) is 7.11 Å². The normalized spacial score (nSPS) is 10.5. The number of aryl methyl sites for hydroxylation is 1. The zero-order chi connectivity index (χ0) is 13.3. The molecule has 3 nitrogen and oxygen atoms in total. The van der Waals surface area contributed by atoms with Gasteiger partial charge < -0.3 is 4.74 Å². The minimum absolute atomic E-state index is 0.0146. The van der Waals surface area contributed by atoms with Gasteiger partial charge in [0.25, 0.3) is 0 Å². The Morgan fingerprint density at radius 3 is 2.56 bits per heavy atom. The third kappa shape index (κ3) is 2.01. The van der Waals surface area contributed by atoms with Crippen LogP contribution in [0.4, 0.5) is 8.78 Å². The summed E-state index contributed by atoms with van der Waals surface area (Å²) in [5.74, 6) is -1.78. The quantitative estimate of drug-likeness (QED) is 0.785. The van der Waals surface area contributed by atoms with E-state index in [0.717, 1.165) is 6.33 Å². The molecule has 6 heteroatoms. The summed E-state index contributed by atoms with van der Waals surface area (Å²) in [5, 5.41) is 0.0443. The first-order valence-corrected chi connectivity index (χ1v) is 5.43. The lowest BCUT2D eigenvalue weighted by molar-refractivity contribution is 0.412. The summed E-state index contributed by atoms with van der Waals surface area (Å²) in [5.41, 5.74) is 0.323. The van der Waals surface area contributed by atoms with Gasteiger partial charge in [-0.15, -0.1) is 0 Å². The number of benzene rings is 1. The Hall–Kier alpha value is -1.75. The first kappa shape index (κ1) is 12.7. The molecule has 0 radical (unpaired) electrons. The molecule has 1 heterocycles. The molecular formula is C12H9ClF2N2O. The highest BCUT2D eigenvalue weighted by Crippen LogP contribution is 2.34. The number of aromatic nitrogens is 2. The molecule has 0 spiro atoms. The van der Waals surface area contributed by atoms with Crippen LogP contribution in [-0.4, -0.2) is 17.1 Å². The van der Waals surface area contributed by atoms with E-state index in [0.29, 0.717) is 0 Å². The zero-order valence-electron chi connectivity index (χ0n) is 9.67. The summed E-state index contributed by atoms with van der Waals surface area (Å²) in [6.45, 7) is 1.48. The van der Waals surface area contributed by atoms with E-state index in [2.05, 4.69) is 9.97 Å². The van der Waals surface area contributed by atoms with Gasteiger partial charge in [0.1, 0.15) is 12.0 Å². The summed E-state index contributed by atoms with van der Waals surface area (Å²) < 4.78 is 32.4. The fourth-order valence-corrected chi connectivity index (χ4v) is 1.76. The van der Waals surface area contributed by atoms with Crippen molar-refractivity contribution >= 4 is 11.6 Å². The van der Waals surface area contributed by atoms with Gasteiger partial charge in [-0.3, -0.25) is 0 Å². The van der Waals surface area contributed by atoms with E-state index in [1.54, 1.807) is 0 Å². The van der Waals surface area contributed by atoms with Crippen molar-refractivity contribution in [1.29, 1.82) is 0 Å². The van der Waals surface area contributed by atoms with E-state index in [1.807, 2.05) is 0 Å². The average molecular weight is 271 g/mol. The molecule has 1 aromatic heterocycles. The molecular weight excluding hydrogens is 262 g/mol. The molecule has 0 bridgehead atoms. The van der Waals surface area contributed by atoms with E-state index >= 15 is 0 Å². The minimum Gasteiger partial charge on any atom is -0.491 e. The number of halogens is 3. The third-order valence-corrected chi connectivity index (χ3v) is 2.76. The molecule has 0 saturated carbocycles. The predicted molar refractivity (Wildman–Crippen MR) is 63.7 cm³/mol. The Morgan fingerprint density at radius 1 is 1.17 bits per heavy atom. The Balaban J connectivity index is 2.70. The lowest BCUT2D eigenvalue weighted by Crippen LogP contribution is -1.99.